The van der Waals surface area contributed by atoms with Gasteiger partial charge in [-0.3, -0.25) is 19.7 Å². The first kappa shape index (κ1) is 21.1. The predicted octanol–water partition coefficient (Wildman–Crippen LogP) is 4.08. The van der Waals surface area contributed by atoms with E-state index in [0.717, 1.165) is 27.4 Å². The molecule has 1 fully saturated rings. The number of carbonyl (C=O) groups is 4. The number of hydrogen-bond donors (Lipinski definition) is 1. The molecule has 2 aromatic carbocycles. The summed E-state index contributed by atoms with van der Waals surface area (Å²) >= 11 is 4.14. The highest BCUT2D eigenvalue weighted by Gasteiger charge is 2.33. The van der Waals surface area contributed by atoms with Crippen LogP contribution in [-0.4, -0.2) is 28.3 Å². The second-order valence-corrected chi connectivity index (χ2v) is 8.73. The molecule has 1 saturated heterocycles. The number of imide groups is 1. The fraction of sp³-hybridized carbons (Fsp3) is 0.0909. The number of carbonyl (C=O) groups excluding carboxylic acids is 4. The molecule has 1 N–H and O–H groups in total. The minimum atomic E-state index is -0.774. The Bertz CT molecular complexity index is 1140. The number of thioether (sulfide) groups is 1. The molecule has 0 radical (unpaired) electrons. The van der Waals surface area contributed by atoms with Crippen LogP contribution < -0.4 is 10.1 Å². The first-order valence-corrected chi connectivity index (χ1v) is 10.8. The first-order valence-electron chi connectivity index (χ1n) is 9.11. The molecular formula is C22H14BrNO6S. The van der Waals surface area contributed by atoms with Gasteiger partial charge in [0.05, 0.1) is 12.0 Å². The Labute approximate surface area is 189 Å². The Balaban J connectivity index is 1.41. The zero-order valence-corrected chi connectivity index (χ0v) is 18.2. The Morgan fingerprint density at radius 1 is 1.10 bits per heavy atom. The van der Waals surface area contributed by atoms with Crippen LogP contribution in [0.2, 0.25) is 0 Å². The van der Waals surface area contributed by atoms with Gasteiger partial charge in [-0.05, 0) is 42.0 Å². The Hall–Kier alpha value is -3.17. The third-order valence-electron chi connectivity index (χ3n) is 4.41. The van der Waals surface area contributed by atoms with E-state index in [0.29, 0.717) is 17.1 Å². The quantitative estimate of drug-likeness (QED) is 0.375. The first-order chi connectivity index (χ1) is 14.9. The van der Waals surface area contributed by atoms with Crippen LogP contribution in [0.4, 0.5) is 4.79 Å². The third kappa shape index (κ3) is 5.12. The molecule has 4 rings (SSSR count). The van der Waals surface area contributed by atoms with Crippen LogP contribution in [0, 0.1) is 0 Å². The number of halogens is 1. The maximum absolute atomic E-state index is 12.2. The molecule has 0 aromatic heterocycles. The summed E-state index contributed by atoms with van der Waals surface area (Å²) in [5.41, 5.74) is 1.91. The summed E-state index contributed by atoms with van der Waals surface area (Å²) in [6.07, 6.45) is 3.14. The molecule has 9 heteroatoms. The summed E-state index contributed by atoms with van der Waals surface area (Å²) in [7, 11) is 0. The fourth-order valence-electron chi connectivity index (χ4n) is 2.91. The van der Waals surface area contributed by atoms with Gasteiger partial charge in [-0.1, -0.05) is 52.0 Å². The normalized spacial score (nSPS) is 19.3. The average molecular weight is 500 g/mol. The molecule has 0 bridgehead atoms. The highest BCUT2D eigenvalue weighted by atomic mass is 79.9. The van der Waals surface area contributed by atoms with Gasteiger partial charge in [0.1, 0.15) is 16.8 Å². The molecule has 2 aliphatic rings. The molecule has 31 heavy (non-hydrogen) atoms. The predicted molar refractivity (Wildman–Crippen MR) is 118 cm³/mol. The van der Waals surface area contributed by atoms with E-state index in [-0.39, 0.29) is 6.42 Å². The summed E-state index contributed by atoms with van der Waals surface area (Å²) in [5.74, 6) is -0.790. The summed E-state index contributed by atoms with van der Waals surface area (Å²) in [6, 6.07) is 14.0. The third-order valence-corrected chi connectivity index (χ3v) is 5.92. The van der Waals surface area contributed by atoms with Crippen LogP contribution in [0.1, 0.15) is 17.5 Å². The lowest BCUT2D eigenvalue weighted by Gasteiger charge is -2.06. The van der Waals surface area contributed by atoms with Crippen molar-refractivity contribution in [3.63, 3.8) is 0 Å². The number of ether oxygens (including phenoxy) is 2. The smallest absolute Gasteiger partial charge is 0.343 e. The molecule has 0 spiro atoms. The van der Waals surface area contributed by atoms with Gasteiger partial charge in [-0.15, -0.1) is 0 Å². The van der Waals surface area contributed by atoms with Gasteiger partial charge in [0, 0.05) is 10.0 Å². The van der Waals surface area contributed by atoms with Crippen molar-refractivity contribution >= 4 is 62.6 Å². The summed E-state index contributed by atoms with van der Waals surface area (Å²) in [6.45, 7) is 0. The summed E-state index contributed by atoms with van der Waals surface area (Å²) < 4.78 is 11.5. The van der Waals surface area contributed by atoms with Crippen LogP contribution in [0.25, 0.3) is 11.8 Å². The summed E-state index contributed by atoms with van der Waals surface area (Å²) in [4.78, 5) is 46.9. The number of benzene rings is 2. The summed E-state index contributed by atoms with van der Waals surface area (Å²) in [5, 5.41) is 0.880. The highest BCUT2D eigenvalue weighted by Crippen LogP contribution is 2.29. The van der Waals surface area contributed by atoms with Gasteiger partial charge >= 0.3 is 11.9 Å². The minimum absolute atomic E-state index is 0.205. The van der Waals surface area contributed by atoms with Crippen LogP contribution in [0.5, 0.6) is 5.75 Å². The molecule has 1 atom stereocenters. The molecule has 2 aromatic rings. The monoisotopic (exact) mass is 499 g/mol. The van der Waals surface area contributed by atoms with Gasteiger partial charge in [0.25, 0.3) is 5.24 Å². The molecule has 1 unspecified atom stereocenters. The van der Waals surface area contributed by atoms with E-state index in [1.165, 1.54) is 0 Å². The second kappa shape index (κ2) is 8.91. The SMILES string of the molecule is O=C(CC1SC(=O)NC1=O)Oc1ccc(/C=C2\C=C(c3ccc(Br)cc3)OC2=O)cc1. The molecule has 2 amide bonds. The van der Waals surface area contributed by atoms with Crippen LogP contribution in [0.15, 0.2) is 64.7 Å². The molecule has 156 valence electrons. The van der Waals surface area contributed by atoms with E-state index in [4.69, 9.17) is 9.47 Å². The van der Waals surface area contributed by atoms with Crippen molar-refractivity contribution < 1.29 is 28.7 Å². The fourth-order valence-corrected chi connectivity index (χ4v) is 3.98. The molecular weight excluding hydrogens is 486 g/mol. The Kier molecular flexibility index (Phi) is 6.06. The molecule has 2 aliphatic heterocycles. The van der Waals surface area contributed by atoms with Gasteiger partial charge in [-0.25, -0.2) is 4.79 Å². The maximum atomic E-state index is 12.2. The Morgan fingerprint density at radius 3 is 2.45 bits per heavy atom. The van der Waals surface area contributed by atoms with Gasteiger partial charge < -0.3 is 9.47 Å². The van der Waals surface area contributed by atoms with Crippen LogP contribution >= 0.6 is 27.7 Å². The minimum Gasteiger partial charge on any atom is -0.426 e. The zero-order chi connectivity index (χ0) is 22.0. The molecule has 0 aliphatic carbocycles. The van der Waals surface area contributed by atoms with Crippen molar-refractivity contribution in [3.05, 3.63) is 75.8 Å². The highest BCUT2D eigenvalue weighted by molar-refractivity contribution is 9.10. The maximum Gasteiger partial charge on any atom is 0.343 e. The van der Waals surface area contributed by atoms with Crippen molar-refractivity contribution in [2.24, 2.45) is 0 Å². The lowest BCUT2D eigenvalue weighted by atomic mass is 10.1. The Morgan fingerprint density at radius 2 is 1.81 bits per heavy atom. The number of hydrogen-bond acceptors (Lipinski definition) is 7. The number of rotatable bonds is 5. The van der Waals surface area contributed by atoms with Gasteiger partial charge in [0.2, 0.25) is 5.91 Å². The van der Waals surface area contributed by atoms with Crippen molar-refractivity contribution in [3.8, 4) is 5.75 Å². The van der Waals surface area contributed by atoms with Crippen molar-refractivity contribution in [1.82, 2.24) is 5.32 Å². The van der Waals surface area contributed by atoms with E-state index >= 15 is 0 Å². The van der Waals surface area contributed by atoms with Gasteiger partial charge in [-0.2, -0.15) is 0 Å². The topological polar surface area (TPSA) is 98.8 Å². The second-order valence-electron chi connectivity index (χ2n) is 6.64. The van der Waals surface area contributed by atoms with E-state index in [1.807, 2.05) is 24.3 Å². The standard InChI is InChI=1S/C22H14BrNO6S/c23-15-5-3-13(4-6-15)17-10-14(21(27)30-17)9-12-1-7-16(8-2-12)29-19(25)11-18-20(26)24-22(28)31-18/h1-10,18H,11H2,(H,24,26,28)/b14-9+. The number of nitrogens with one attached hydrogen (secondary N) is 1. The van der Waals surface area contributed by atoms with E-state index in [1.54, 1.807) is 36.4 Å². The lowest BCUT2D eigenvalue weighted by Crippen LogP contribution is -2.27. The van der Waals surface area contributed by atoms with Crippen molar-refractivity contribution in [1.29, 1.82) is 0 Å². The molecule has 7 nitrogen and oxygen atoms in total. The van der Waals surface area contributed by atoms with Crippen LogP contribution in [0.3, 0.4) is 0 Å². The largest absolute Gasteiger partial charge is 0.426 e. The number of amides is 2. The van der Waals surface area contributed by atoms with Gasteiger partial charge in [0.15, 0.2) is 0 Å². The van der Waals surface area contributed by atoms with Crippen molar-refractivity contribution in [2.45, 2.75) is 11.7 Å². The molecule has 2 heterocycles. The zero-order valence-electron chi connectivity index (χ0n) is 15.8. The average Bonchev–Trinajstić information content (AvgIpc) is 3.25. The van der Waals surface area contributed by atoms with E-state index in [9.17, 15) is 19.2 Å². The molecule has 0 saturated carbocycles. The number of esters is 2. The van der Waals surface area contributed by atoms with Crippen molar-refractivity contribution in [2.75, 3.05) is 0 Å². The number of cyclic esters (lactones) is 1. The van der Waals surface area contributed by atoms with Crippen LogP contribution in [-0.2, 0) is 19.1 Å². The lowest BCUT2D eigenvalue weighted by molar-refractivity contribution is -0.136. The van der Waals surface area contributed by atoms with E-state index < -0.39 is 28.3 Å². The van der Waals surface area contributed by atoms with E-state index in [2.05, 4.69) is 21.2 Å².